The lowest BCUT2D eigenvalue weighted by Gasteiger charge is -2.18. The molecule has 2 nitrogen and oxygen atoms in total. The molecule has 0 spiro atoms. The number of nitrogens with one attached hydrogen (secondary N) is 1. The number of aromatic nitrogens is 2. The fraction of sp³-hybridized carbons (Fsp3) is 0.214. The number of para-hydroxylation sites is 1. The van der Waals surface area contributed by atoms with Crippen LogP contribution < -0.4 is 5.19 Å². The van der Waals surface area contributed by atoms with E-state index in [4.69, 9.17) is 11.6 Å². The van der Waals surface area contributed by atoms with Gasteiger partial charge in [-0.25, -0.2) is 4.98 Å². The maximum Gasteiger partial charge on any atom is 0.140 e. The average Bonchev–Trinajstić information content (AvgIpc) is 2.64. The molecular formula is C14H15ClN2Si. The summed E-state index contributed by atoms with van der Waals surface area (Å²) in [5.74, 6) is 0. The Morgan fingerprint density at radius 3 is 2.61 bits per heavy atom. The molecule has 0 aliphatic carbocycles. The van der Waals surface area contributed by atoms with E-state index in [0.717, 1.165) is 11.2 Å². The van der Waals surface area contributed by atoms with E-state index in [9.17, 15) is 0 Å². The van der Waals surface area contributed by atoms with Gasteiger partial charge in [-0.15, -0.1) is 0 Å². The highest BCUT2D eigenvalue weighted by Gasteiger charge is 2.22. The molecule has 4 heteroatoms. The van der Waals surface area contributed by atoms with Gasteiger partial charge in [-0.05, 0) is 17.3 Å². The first-order chi connectivity index (χ1) is 8.47. The molecule has 0 atom stereocenters. The predicted octanol–water partition coefficient (Wildman–Crippen LogP) is 3.91. The van der Waals surface area contributed by atoms with E-state index in [1.54, 1.807) is 0 Å². The van der Waals surface area contributed by atoms with E-state index in [2.05, 4.69) is 47.8 Å². The number of nitrogens with zero attached hydrogens (tertiary/aromatic N) is 1. The molecule has 0 radical (unpaired) electrons. The second-order valence-electron chi connectivity index (χ2n) is 5.64. The molecule has 0 aliphatic heterocycles. The van der Waals surface area contributed by atoms with Crippen LogP contribution >= 0.6 is 11.6 Å². The molecule has 0 unspecified atom stereocenters. The smallest absolute Gasteiger partial charge is 0.140 e. The van der Waals surface area contributed by atoms with E-state index in [-0.39, 0.29) is 0 Å². The van der Waals surface area contributed by atoms with E-state index in [0.29, 0.717) is 5.15 Å². The fourth-order valence-electron chi connectivity index (χ4n) is 2.41. The molecule has 3 rings (SSSR count). The Morgan fingerprint density at radius 1 is 1.17 bits per heavy atom. The Labute approximate surface area is 112 Å². The van der Waals surface area contributed by atoms with Gasteiger partial charge in [0.25, 0.3) is 0 Å². The summed E-state index contributed by atoms with van der Waals surface area (Å²) < 4.78 is 0. The molecule has 3 aromatic rings. The van der Waals surface area contributed by atoms with Gasteiger partial charge in [0.15, 0.2) is 0 Å². The van der Waals surface area contributed by atoms with Crippen LogP contribution in [0.25, 0.3) is 21.9 Å². The molecule has 0 bridgehead atoms. The monoisotopic (exact) mass is 274 g/mol. The van der Waals surface area contributed by atoms with Gasteiger partial charge in [0.1, 0.15) is 10.8 Å². The second kappa shape index (κ2) is 3.83. The quantitative estimate of drug-likeness (QED) is 0.529. The number of benzene rings is 1. The third-order valence-corrected chi connectivity index (χ3v) is 5.45. The van der Waals surface area contributed by atoms with Crippen LogP contribution in [0.3, 0.4) is 0 Å². The summed E-state index contributed by atoms with van der Waals surface area (Å²) in [5, 5.41) is 4.43. The van der Waals surface area contributed by atoms with Crippen LogP contribution in [-0.4, -0.2) is 18.0 Å². The zero-order valence-electron chi connectivity index (χ0n) is 10.7. The van der Waals surface area contributed by atoms with Crippen molar-refractivity contribution in [1.82, 2.24) is 9.97 Å². The van der Waals surface area contributed by atoms with E-state index < -0.39 is 8.07 Å². The highest BCUT2D eigenvalue weighted by atomic mass is 35.5. The molecule has 2 heterocycles. The lowest BCUT2D eigenvalue weighted by atomic mass is 10.2. The summed E-state index contributed by atoms with van der Waals surface area (Å²) in [4.78, 5) is 7.78. The number of aromatic amines is 1. The van der Waals surface area contributed by atoms with Crippen molar-refractivity contribution in [3.8, 4) is 0 Å². The second-order valence-corrected chi connectivity index (χ2v) is 11.1. The third kappa shape index (κ3) is 1.74. The summed E-state index contributed by atoms with van der Waals surface area (Å²) in [7, 11) is -1.45. The Kier molecular flexibility index (Phi) is 2.50. The Morgan fingerprint density at radius 2 is 1.89 bits per heavy atom. The van der Waals surface area contributed by atoms with Crippen LogP contribution in [0, 0.1) is 0 Å². The molecular weight excluding hydrogens is 260 g/mol. The van der Waals surface area contributed by atoms with Gasteiger partial charge in [-0.1, -0.05) is 49.4 Å². The number of rotatable bonds is 1. The molecule has 0 saturated heterocycles. The molecule has 0 saturated carbocycles. The maximum atomic E-state index is 6.15. The van der Waals surface area contributed by atoms with Gasteiger partial charge in [0, 0.05) is 16.3 Å². The number of hydrogen-bond donors (Lipinski definition) is 1. The van der Waals surface area contributed by atoms with E-state index in [1.807, 2.05) is 12.1 Å². The zero-order valence-corrected chi connectivity index (χ0v) is 12.5. The van der Waals surface area contributed by atoms with Crippen molar-refractivity contribution in [2.24, 2.45) is 0 Å². The predicted molar refractivity (Wildman–Crippen MR) is 81.6 cm³/mol. The molecule has 1 aromatic carbocycles. The van der Waals surface area contributed by atoms with E-state index in [1.165, 1.54) is 16.0 Å². The SMILES string of the molecule is C[Si](C)(C)c1cc(Cl)nc2[nH]c3ccccc3c12. The minimum absolute atomic E-state index is 0.575. The van der Waals surface area contributed by atoms with Gasteiger partial charge >= 0.3 is 0 Å². The molecule has 0 fully saturated rings. The summed E-state index contributed by atoms with van der Waals surface area (Å²) in [6, 6.07) is 10.4. The first-order valence-electron chi connectivity index (χ1n) is 6.04. The summed E-state index contributed by atoms with van der Waals surface area (Å²) in [6.45, 7) is 7.00. The fourth-order valence-corrected chi connectivity index (χ4v) is 4.26. The first-order valence-corrected chi connectivity index (χ1v) is 9.92. The minimum atomic E-state index is -1.45. The molecule has 0 amide bonds. The van der Waals surface area contributed by atoms with Gasteiger partial charge in [0.2, 0.25) is 0 Å². The topological polar surface area (TPSA) is 28.7 Å². The lowest BCUT2D eigenvalue weighted by Crippen LogP contribution is -2.38. The van der Waals surface area contributed by atoms with Crippen molar-refractivity contribution in [3.63, 3.8) is 0 Å². The van der Waals surface area contributed by atoms with Crippen LogP contribution in [0.2, 0.25) is 24.8 Å². The molecule has 0 aliphatic rings. The zero-order chi connectivity index (χ0) is 12.9. The number of H-pyrrole nitrogens is 1. The molecule has 2 aromatic heterocycles. The van der Waals surface area contributed by atoms with Crippen LogP contribution in [0.15, 0.2) is 30.3 Å². The van der Waals surface area contributed by atoms with Crippen LogP contribution in [0.5, 0.6) is 0 Å². The molecule has 92 valence electrons. The largest absolute Gasteiger partial charge is 0.339 e. The lowest BCUT2D eigenvalue weighted by molar-refractivity contribution is 1.35. The standard InChI is InChI=1S/C14H15ClN2Si/c1-18(2,3)11-8-12(15)17-14-13(11)9-6-4-5-7-10(9)16-14/h4-8H,1-3H3,(H,16,17). The van der Waals surface area contributed by atoms with Crippen molar-refractivity contribution >= 4 is 46.8 Å². The number of pyridine rings is 1. The van der Waals surface area contributed by atoms with Crippen molar-refractivity contribution in [2.75, 3.05) is 0 Å². The summed E-state index contributed by atoms with van der Waals surface area (Å²) >= 11 is 6.15. The van der Waals surface area contributed by atoms with Crippen LogP contribution in [0.1, 0.15) is 0 Å². The number of fused-ring (bicyclic) bond motifs is 3. The van der Waals surface area contributed by atoms with Gasteiger partial charge in [-0.3, -0.25) is 0 Å². The highest BCUT2D eigenvalue weighted by Crippen LogP contribution is 2.26. The van der Waals surface area contributed by atoms with Gasteiger partial charge < -0.3 is 4.98 Å². The summed E-state index contributed by atoms with van der Waals surface area (Å²) in [5.41, 5.74) is 2.03. The van der Waals surface area contributed by atoms with Crippen molar-refractivity contribution in [3.05, 3.63) is 35.5 Å². The van der Waals surface area contributed by atoms with Gasteiger partial charge in [-0.2, -0.15) is 0 Å². The average molecular weight is 275 g/mol. The third-order valence-electron chi connectivity index (χ3n) is 3.25. The Hall–Kier alpha value is -1.32. The molecule has 18 heavy (non-hydrogen) atoms. The van der Waals surface area contributed by atoms with Crippen LogP contribution in [-0.2, 0) is 0 Å². The number of halogens is 1. The molecule has 1 N–H and O–H groups in total. The maximum absolute atomic E-state index is 6.15. The summed E-state index contributed by atoms with van der Waals surface area (Å²) in [6.07, 6.45) is 0. The first kappa shape index (κ1) is 11.7. The van der Waals surface area contributed by atoms with Gasteiger partial charge in [0.05, 0.1) is 8.07 Å². The van der Waals surface area contributed by atoms with Crippen molar-refractivity contribution < 1.29 is 0 Å². The Bertz CT molecular complexity index is 740. The van der Waals surface area contributed by atoms with Crippen LogP contribution in [0.4, 0.5) is 0 Å². The van der Waals surface area contributed by atoms with Crippen molar-refractivity contribution in [2.45, 2.75) is 19.6 Å². The van der Waals surface area contributed by atoms with E-state index >= 15 is 0 Å². The van der Waals surface area contributed by atoms with Crippen molar-refractivity contribution in [1.29, 1.82) is 0 Å². The number of hydrogen-bond acceptors (Lipinski definition) is 1. The normalized spacial score (nSPS) is 12.4. The highest BCUT2D eigenvalue weighted by molar-refractivity contribution is 6.90. The Balaban J connectivity index is 2.54. The minimum Gasteiger partial charge on any atom is -0.339 e.